The number of ether oxygens (including phenoxy) is 1. The summed E-state index contributed by atoms with van der Waals surface area (Å²) in [6, 6.07) is 7.40. The summed E-state index contributed by atoms with van der Waals surface area (Å²) in [6.07, 6.45) is 2.19. The number of hydrogen-bond donors (Lipinski definition) is 1. The molecule has 0 atom stereocenters. The van der Waals surface area contributed by atoms with E-state index in [0.717, 1.165) is 16.9 Å². The van der Waals surface area contributed by atoms with Gasteiger partial charge in [-0.25, -0.2) is 4.79 Å². The summed E-state index contributed by atoms with van der Waals surface area (Å²) in [6.45, 7) is 5.09. The molecule has 5 nitrogen and oxygen atoms in total. The average Bonchev–Trinajstić information content (AvgIpc) is 2.35. The second-order valence-electron chi connectivity index (χ2n) is 4.83. The van der Waals surface area contributed by atoms with Crippen molar-refractivity contribution in [1.29, 1.82) is 0 Å². The summed E-state index contributed by atoms with van der Waals surface area (Å²) in [7, 11) is 0. The molecule has 1 aromatic heterocycles. The first-order valence-corrected chi connectivity index (χ1v) is 6.55. The highest BCUT2D eigenvalue weighted by Gasteiger charge is 1.99. The monoisotopic (exact) mass is 274 g/mol. The maximum atomic E-state index is 11.5. The Bertz CT molecular complexity index is 681. The Balaban J connectivity index is 1.87. The maximum absolute atomic E-state index is 11.5. The van der Waals surface area contributed by atoms with Crippen LogP contribution in [-0.4, -0.2) is 16.2 Å². The second kappa shape index (κ2) is 6.23. The summed E-state index contributed by atoms with van der Waals surface area (Å²) >= 11 is 0. The van der Waals surface area contributed by atoms with Crippen LogP contribution in [0.2, 0.25) is 0 Å². The molecule has 0 aliphatic heterocycles. The Morgan fingerprint density at radius 1 is 1.15 bits per heavy atom. The fourth-order valence-electron chi connectivity index (χ4n) is 2.06. The van der Waals surface area contributed by atoms with E-state index < -0.39 is 0 Å². The molecular weight excluding hydrogens is 256 g/mol. The van der Waals surface area contributed by atoms with Crippen molar-refractivity contribution in [1.82, 2.24) is 9.55 Å². The van der Waals surface area contributed by atoms with Gasteiger partial charge < -0.3 is 9.30 Å². The van der Waals surface area contributed by atoms with Crippen LogP contribution in [0.4, 0.5) is 0 Å². The Morgan fingerprint density at radius 2 is 1.85 bits per heavy atom. The molecule has 0 amide bonds. The van der Waals surface area contributed by atoms with Gasteiger partial charge in [0.05, 0.1) is 6.61 Å². The Morgan fingerprint density at radius 3 is 2.50 bits per heavy atom. The molecule has 0 fully saturated rings. The highest BCUT2D eigenvalue weighted by molar-refractivity contribution is 5.32. The molecule has 0 aliphatic rings. The van der Waals surface area contributed by atoms with Gasteiger partial charge in [-0.2, -0.15) is 0 Å². The van der Waals surface area contributed by atoms with E-state index in [4.69, 9.17) is 4.74 Å². The molecule has 0 bridgehead atoms. The Hall–Kier alpha value is -2.30. The van der Waals surface area contributed by atoms with Crippen LogP contribution in [0.25, 0.3) is 0 Å². The number of H-pyrrole nitrogens is 1. The van der Waals surface area contributed by atoms with Gasteiger partial charge in [0.1, 0.15) is 5.75 Å². The largest absolute Gasteiger partial charge is 0.494 e. The van der Waals surface area contributed by atoms with E-state index in [-0.39, 0.29) is 11.2 Å². The zero-order valence-corrected chi connectivity index (χ0v) is 11.7. The number of aromatic nitrogens is 2. The quantitative estimate of drug-likeness (QED) is 0.843. The van der Waals surface area contributed by atoms with E-state index in [2.05, 4.69) is 11.1 Å². The van der Waals surface area contributed by atoms with Gasteiger partial charge in [0.25, 0.3) is 5.56 Å². The molecular formula is C15H18N2O3. The van der Waals surface area contributed by atoms with Crippen LogP contribution < -0.4 is 16.0 Å². The third-order valence-corrected chi connectivity index (χ3v) is 2.90. The van der Waals surface area contributed by atoms with Crippen LogP contribution >= 0.6 is 0 Å². The lowest BCUT2D eigenvalue weighted by Crippen LogP contribution is -2.29. The molecule has 1 heterocycles. The minimum absolute atomic E-state index is 0.377. The van der Waals surface area contributed by atoms with Crippen molar-refractivity contribution in [3.63, 3.8) is 0 Å². The van der Waals surface area contributed by atoms with Crippen molar-refractivity contribution >= 4 is 0 Å². The summed E-state index contributed by atoms with van der Waals surface area (Å²) in [4.78, 5) is 24.6. The van der Waals surface area contributed by atoms with Gasteiger partial charge in [-0.1, -0.05) is 6.07 Å². The topological polar surface area (TPSA) is 64.1 Å². The summed E-state index contributed by atoms with van der Waals surface area (Å²) in [5.41, 5.74) is 1.57. The van der Waals surface area contributed by atoms with Crippen LogP contribution in [-0.2, 0) is 6.54 Å². The molecule has 0 aliphatic carbocycles. The van der Waals surface area contributed by atoms with E-state index in [1.165, 1.54) is 16.8 Å². The summed E-state index contributed by atoms with van der Waals surface area (Å²) < 4.78 is 7.13. The molecule has 0 unspecified atom stereocenters. The van der Waals surface area contributed by atoms with E-state index >= 15 is 0 Å². The minimum atomic E-state index is -0.385. The minimum Gasteiger partial charge on any atom is -0.494 e. The average molecular weight is 274 g/mol. The van der Waals surface area contributed by atoms with Crippen LogP contribution in [0.5, 0.6) is 5.75 Å². The lowest BCUT2D eigenvalue weighted by molar-refractivity contribution is 0.300. The van der Waals surface area contributed by atoms with Crippen molar-refractivity contribution in [3.8, 4) is 5.75 Å². The van der Waals surface area contributed by atoms with Crippen LogP contribution in [0.15, 0.2) is 40.1 Å². The first-order chi connectivity index (χ1) is 9.54. The van der Waals surface area contributed by atoms with E-state index in [0.29, 0.717) is 19.6 Å². The van der Waals surface area contributed by atoms with Crippen molar-refractivity contribution < 1.29 is 4.74 Å². The third-order valence-electron chi connectivity index (χ3n) is 2.90. The summed E-state index contributed by atoms with van der Waals surface area (Å²) in [5.74, 6) is 0.844. The number of hydrogen-bond acceptors (Lipinski definition) is 3. The zero-order chi connectivity index (χ0) is 14.5. The Labute approximate surface area is 116 Å². The van der Waals surface area contributed by atoms with Gasteiger partial charge in [0.15, 0.2) is 0 Å². The molecule has 1 aromatic carbocycles. The maximum Gasteiger partial charge on any atom is 0.328 e. The van der Waals surface area contributed by atoms with E-state index in [1.54, 1.807) is 0 Å². The summed E-state index contributed by atoms with van der Waals surface area (Å²) in [5, 5.41) is 0. The first-order valence-electron chi connectivity index (χ1n) is 6.55. The predicted octanol–water partition coefficient (Wildman–Crippen LogP) is 1.62. The van der Waals surface area contributed by atoms with Crippen LogP contribution in [0, 0.1) is 13.8 Å². The Kier molecular flexibility index (Phi) is 4.40. The first kappa shape index (κ1) is 14.1. The zero-order valence-electron chi connectivity index (χ0n) is 11.7. The molecule has 5 heteroatoms. The molecule has 1 N–H and O–H groups in total. The van der Waals surface area contributed by atoms with E-state index in [1.807, 2.05) is 26.0 Å². The molecule has 2 aromatic rings. The molecule has 20 heavy (non-hydrogen) atoms. The van der Waals surface area contributed by atoms with Gasteiger partial charge in [-0.15, -0.1) is 0 Å². The number of rotatable bonds is 5. The number of nitrogens with one attached hydrogen (secondary N) is 1. The number of nitrogens with zero attached hydrogens (tertiary/aromatic N) is 1. The fraction of sp³-hybridized carbons (Fsp3) is 0.333. The normalized spacial score (nSPS) is 10.5. The SMILES string of the molecule is Cc1cc(C)cc(OCCCn2ccc(=O)[nH]c2=O)c1. The highest BCUT2D eigenvalue weighted by atomic mass is 16.5. The number of aryl methyl sites for hydroxylation is 3. The molecule has 0 radical (unpaired) electrons. The number of aromatic amines is 1. The molecule has 0 saturated heterocycles. The van der Waals surface area contributed by atoms with Gasteiger partial charge in [-0.3, -0.25) is 9.78 Å². The van der Waals surface area contributed by atoms with Crippen molar-refractivity contribution in [2.45, 2.75) is 26.8 Å². The van der Waals surface area contributed by atoms with Gasteiger partial charge in [0.2, 0.25) is 0 Å². The lowest BCUT2D eigenvalue weighted by Gasteiger charge is -2.09. The third kappa shape index (κ3) is 3.85. The lowest BCUT2D eigenvalue weighted by atomic mass is 10.1. The standard InChI is InChI=1S/C15H18N2O3/c1-11-8-12(2)10-13(9-11)20-7-3-5-17-6-4-14(18)16-15(17)19/h4,6,8-10H,3,5,7H2,1-2H3,(H,16,18,19). The van der Waals surface area contributed by atoms with Gasteiger partial charge in [0, 0.05) is 18.8 Å². The highest BCUT2D eigenvalue weighted by Crippen LogP contribution is 2.16. The number of benzene rings is 1. The van der Waals surface area contributed by atoms with Crippen LogP contribution in [0.1, 0.15) is 17.5 Å². The second-order valence-corrected chi connectivity index (χ2v) is 4.83. The van der Waals surface area contributed by atoms with Crippen molar-refractivity contribution in [2.24, 2.45) is 0 Å². The molecule has 106 valence electrons. The predicted molar refractivity (Wildman–Crippen MR) is 77.4 cm³/mol. The molecule has 2 rings (SSSR count). The molecule has 0 saturated carbocycles. The smallest absolute Gasteiger partial charge is 0.328 e. The van der Waals surface area contributed by atoms with Crippen molar-refractivity contribution in [2.75, 3.05) is 6.61 Å². The van der Waals surface area contributed by atoms with Crippen LogP contribution in [0.3, 0.4) is 0 Å². The van der Waals surface area contributed by atoms with Crippen molar-refractivity contribution in [3.05, 3.63) is 62.4 Å². The van der Waals surface area contributed by atoms with Gasteiger partial charge >= 0.3 is 5.69 Å². The van der Waals surface area contributed by atoms with Gasteiger partial charge in [-0.05, 0) is 43.5 Å². The molecule has 0 spiro atoms. The fourth-order valence-corrected chi connectivity index (χ4v) is 2.06. The van der Waals surface area contributed by atoms with E-state index in [9.17, 15) is 9.59 Å².